The molecule has 0 bridgehead atoms. The molecule has 0 aliphatic heterocycles. The van der Waals surface area contributed by atoms with Crippen molar-refractivity contribution in [3.8, 4) is 11.3 Å². The van der Waals surface area contributed by atoms with E-state index in [1.165, 1.54) is 18.4 Å². The molecule has 18 heavy (non-hydrogen) atoms. The lowest BCUT2D eigenvalue weighted by Crippen LogP contribution is -2.15. The Morgan fingerprint density at radius 2 is 2.28 bits per heavy atom. The fourth-order valence-electron chi connectivity index (χ4n) is 2.02. The molecule has 4 nitrogen and oxygen atoms in total. The van der Waals surface area contributed by atoms with Gasteiger partial charge in [-0.1, -0.05) is 23.4 Å². The van der Waals surface area contributed by atoms with E-state index in [0.717, 1.165) is 28.4 Å². The highest BCUT2D eigenvalue weighted by atomic mass is 79.9. The van der Waals surface area contributed by atoms with Crippen molar-refractivity contribution < 1.29 is 0 Å². The van der Waals surface area contributed by atoms with Crippen LogP contribution in [0.1, 0.15) is 18.4 Å². The summed E-state index contributed by atoms with van der Waals surface area (Å²) in [6.45, 7) is 0.932. The maximum Gasteiger partial charge on any atom is 0.156 e. The highest BCUT2D eigenvalue weighted by molar-refractivity contribution is 9.10. The van der Waals surface area contributed by atoms with Crippen molar-refractivity contribution in [1.82, 2.24) is 20.3 Å². The molecule has 1 saturated carbocycles. The minimum Gasteiger partial charge on any atom is -0.310 e. The zero-order valence-corrected chi connectivity index (χ0v) is 11.8. The van der Waals surface area contributed by atoms with E-state index < -0.39 is 0 Å². The van der Waals surface area contributed by atoms with Crippen molar-refractivity contribution in [2.45, 2.75) is 25.4 Å². The first-order valence-corrected chi connectivity index (χ1v) is 6.91. The molecule has 94 valence electrons. The Hall–Kier alpha value is -1.20. The third-order valence-corrected chi connectivity index (χ3v) is 3.69. The van der Waals surface area contributed by atoms with Crippen molar-refractivity contribution in [2.24, 2.45) is 7.05 Å². The third-order valence-electron chi connectivity index (χ3n) is 3.16. The minimum absolute atomic E-state index is 0.735. The zero-order valence-electron chi connectivity index (χ0n) is 10.2. The van der Waals surface area contributed by atoms with Crippen LogP contribution in [-0.2, 0) is 13.6 Å². The molecule has 0 spiro atoms. The molecular weight excluding hydrogens is 292 g/mol. The van der Waals surface area contributed by atoms with Crippen LogP contribution in [0.3, 0.4) is 0 Å². The number of nitrogens with zero attached hydrogens (tertiary/aromatic N) is 3. The number of aromatic nitrogens is 3. The SMILES string of the molecule is Cn1nnc(Br)c1-c1cccc(CNC2CC2)c1. The van der Waals surface area contributed by atoms with Crippen molar-refractivity contribution in [3.63, 3.8) is 0 Å². The summed E-state index contributed by atoms with van der Waals surface area (Å²) in [6.07, 6.45) is 2.63. The van der Waals surface area contributed by atoms with Crippen LogP contribution in [0.4, 0.5) is 0 Å². The van der Waals surface area contributed by atoms with Gasteiger partial charge in [0.15, 0.2) is 4.60 Å². The minimum atomic E-state index is 0.735. The zero-order chi connectivity index (χ0) is 12.5. The van der Waals surface area contributed by atoms with Crippen LogP contribution in [0.25, 0.3) is 11.3 Å². The Morgan fingerprint density at radius 3 is 2.94 bits per heavy atom. The lowest BCUT2D eigenvalue weighted by molar-refractivity contribution is 0.687. The number of halogens is 1. The molecular formula is C13H15BrN4. The first-order chi connectivity index (χ1) is 8.74. The van der Waals surface area contributed by atoms with Crippen molar-refractivity contribution in [2.75, 3.05) is 0 Å². The van der Waals surface area contributed by atoms with Crippen LogP contribution < -0.4 is 5.32 Å². The van der Waals surface area contributed by atoms with Crippen molar-refractivity contribution >= 4 is 15.9 Å². The summed E-state index contributed by atoms with van der Waals surface area (Å²) in [4.78, 5) is 0. The molecule has 0 unspecified atom stereocenters. The van der Waals surface area contributed by atoms with Gasteiger partial charge >= 0.3 is 0 Å². The Kier molecular flexibility index (Phi) is 3.18. The topological polar surface area (TPSA) is 42.7 Å². The lowest BCUT2D eigenvalue weighted by Gasteiger charge is -2.06. The summed E-state index contributed by atoms with van der Waals surface area (Å²) >= 11 is 3.44. The molecule has 0 atom stereocenters. The third kappa shape index (κ3) is 2.47. The van der Waals surface area contributed by atoms with E-state index in [9.17, 15) is 0 Å². The van der Waals surface area contributed by atoms with E-state index in [2.05, 4.69) is 55.8 Å². The fraction of sp³-hybridized carbons (Fsp3) is 0.385. The number of hydrogen-bond acceptors (Lipinski definition) is 3. The molecule has 1 aliphatic rings. The molecule has 0 saturated heterocycles. The largest absolute Gasteiger partial charge is 0.310 e. The summed E-state index contributed by atoms with van der Waals surface area (Å²) < 4.78 is 2.58. The average molecular weight is 307 g/mol. The van der Waals surface area contributed by atoms with Gasteiger partial charge in [-0.2, -0.15) is 0 Å². The van der Waals surface area contributed by atoms with Gasteiger partial charge in [-0.15, -0.1) is 5.10 Å². The summed E-state index contributed by atoms with van der Waals surface area (Å²) in [5.41, 5.74) is 3.46. The summed E-state index contributed by atoms with van der Waals surface area (Å²) in [5, 5.41) is 11.6. The van der Waals surface area contributed by atoms with E-state index in [0.29, 0.717) is 0 Å². The van der Waals surface area contributed by atoms with Gasteiger partial charge in [-0.3, -0.25) is 0 Å². The van der Waals surface area contributed by atoms with Gasteiger partial charge in [-0.05, 0) is 40.4 Å². The Morgan fingerprint density at radius 1 is 1.44 bits per heavy atom. The first kappa shape index (κ1) is 11.9. The second-order valence-corrected chi connectivity index (χ2v) is 5.46. The maximum absolute atomic E-state index is 4.02. The molecule has 2 aromatic rings. The number of benzene rings is 1. The van der Waals surface area contributed by atoms with Crippen LogP contribution in [-0.4, -0.2) is 21.0 Å². The average Bonchev–Trinajstić information content (AvgIpc) is 3.13. The summed E-state index contributed by atoms with van der Waals surface area (Å²) in [5.74, 6) is 0. The molecule has 1 aromatic heterocycles. The van der Waals surface area contributed by atoms with E-state index in [4.69, 9.17) is 0 Å². The Balaban J connectivity index is 1.85. The molecule has 1 aromatic carbocycles. The smallest absolute Gasteiger partial charge is 0.156 e. The highest BCUT2D eigenvalue weighted by Crippen LogP contribution is 2.26. The van der Waals surface area contributed by atoms with E-state index in [1.807, 2.05) is 7.05 Å². The van der Waals surface area contributed by atoms with Crippen molar-refractivity contribution in [1.29, 1.82) is 0 Å². The number of aryl methyl sites for hydroxylation is 1. The van der Waals surface area contributed by atoms with Crippen LogP contribution in [0.5, 0.6) is 0 Å². The van der Waals surface area contributed by atoms with Gasteiger partial charge in [0.2, 0.25) is 0 Å². The van der Waals surface area contributed by atoms with Gasteiger partial charge in [0.1, 0.15) is 5.69 Å². The van der Waals surface area contributed by atoms with Gasteiger partial charge in [0.25, 0.3) is 0 Å². The summed E-state index contributed by atoms with van der Waals surface area (Å²) in [7, 11) is 1.90. The predicted molar refractivity (Wildman–Crippen MR) is 74.0 cm³/mol. The standard InChI is InChI=1S/C13H15BrN4/c1-18-12(13(14)16-17-18)10-4-2-3-9(7-10)8-15-11-5-6-11/h2-4,7,11,15H,5-6,8H2,1H3. The highest BCUT2D eigenvalue weighted by Gasteiger charge is 2.20. The Bertz CT molecular complexity index is 540. The number of nitrogens with one attached hydrogen (secondary N) is 1. The van der Waals surface area contributed by atoms with Crippen molar-refractivity contribution in [3.05, 3.63) is 34.4 Å². The Labute approximate surface area is 115 Å². The predicted octanol–water partition coefficient (Wildman–Crippen LogP) is 2.50. The van der Waals surface area contributed by atoms with Gasteiger partial charge < -0.3 is 5.32 Å². The number of rotatable bonds is 4. The summed E-state index contributed by atoms with van der Waals surface area (Å²) in [6, 6.07) is 9.25. The van der Waals surface area contributed by atoms with Gasteiger partial charge in [0, 0.05) is 25.2 Å². The molecule has 1 heterocycles. The van der Waals surface area contributed by atoms with Crippen LogP contribution >= 0.6 is 15.9 Å². The second kappa shape index (κ2) is 4.82. The van der Waals surface area contributed by atoms with Gasteiger partial charge in [-0.25, -0.2) is 4.68 Å². The van der Waals surface area contributed by atoms with E-state index in [-0.39, 0.29) is 0 Å². The van der Waals surface area contributed by atoms with E-state index in [1.54, 1.807) is 4.68 Å². The van der Waals surface area contributed by atoms with Crippen LogP contribution in [0.15, 0.2) is 28.9 Å². The molecule has 0 amide bonds. The van der Waals surface area contributed by atoms with E-state index >= 15 is 0 Å². The molecule has 5 heteroatoms. The first-order valence-electron chi connectivity index (χ1n) is 6.12. The fourth-order valence-corrected chi connectivity index (χ4v) is 2.57. The monoisotopic (exact) mass is 306 g/mol. The molecule has 1 aliphatic carbocycles. The molecule has 0 radical (unpaired) electrons. The molecule has 3 rings (SSSR count). The number of hydrogen-bond donors (Lipinski definition) is 1. The lowest BCUT2D eigenvalue weighted by atomic mass is 10.1. The molecule has 1 N–H and O–H groups in total. The van der Waals surface area contributed by atoms with Crippen LogP contribution in [0.2, 0.25) is 0 Å². The second-order valence-electron chi connectivity index (χ2n) is 4.71. The quantitative estimate of drug-likeness (QED) is 0.944. The van der Waals surface area contributed by atoms with Crippen LogP contribution in [0, 0.1) is 0 Å². The maximum atomic E-state index is 4.02. The van der Waals surface area contributed by atoms with Gasteiger partial charge in [0.05, 0.1) is 0 Å². The normalized spacial score (nSPS) is 15.0. The molecule has 1 fully saturated rings.